The molecule has 0 spiro atoms. The number of carbonyl (C=O) groups excluding carboxylic acids is 2. The van der Waals surface area contributed by atoms with Gasteiger partial charge in [0.05, 0.1) is 6.21 Å². The Labute approximate surface area is 154 Å². The first-order valence-electron chi connectivity index (χ1n) is 8.61. The molecule has 0 aliphatic rings. The van der Waals surface area contributed by atoms with Crippen molar-refractivity contribution in [2.24, 2.45) is 5.10 Å². The third-order valence-corrected chi connectivity index (χ3v) is 4.06. The highest BCUT2D eigenvalue weighted by Crippen LogP contribution is 2.23. The molecular weight excluding hydrogens is 328 g/mol. The lowest BCUT2D eigenvalue weighted by molar-refractivity contribution is -0.139. The maximum absolute atomic E-state index is 11.7. The summed E-state index contributed by atoms with van der Waals surface area (Å²) in [6.45, 7) is 11.8. The van der Waals surface area contributed by atoms with Gasteiger partial charge in [0.2, 0.25) is 0 Å². The van der Waals surface area contributed by atoms with Crippen LogP contribution in [0.1, 0.15) is 41.9 Å². The Bertz CT molecular complexity index is 863. The van der Waals surface area contributed by atoms with Crippen molar-refractivity contribution in [1.29, 1.82) is 0 Å². The van der Waals surface area contributed by atoms with Crippen molar-refractivity contribution in [2.45, 2.75) is 47.6 Å². The number of aromatic nitrogens is 1. The minimum atomic E-state index is -0.780. The molecule has 6 nitrogen and oxygen atoms in total. The molecule has 0 bridgehead atoms. The van der Waals surface area contributed by atoms with Crippen LogP contribution in [0.2, 0.25) is 0 Å². The van der Waals surface area contributed by atoms with E-state index in [1.165, 1.54) is 11.1 Å². The Balaban J connectivity index is 2.20. The van der Waals surface area contributed by atoms with Gasteiger partial charge >= 0.3 is 11.8 Å². The van der Waals surface area contributed by atoms with Crippen LogP contribution in [0.3, 0.4) is 0 Å². The zero-order valence-corrected chi connectivity index (χ0v) is 16.2. The predicted octanol–water partition coefficient (Wildman–Crippen LogP) is 2.69. The molecule has 2 amide bonds. The Morgan fingerprint density at radius 1 is 1.08 bits per heavy atom. The predicted molar refractivity (Wildman–Crippen MR) is 104 cm³/mol. The number of hydrogen-bond acceptors (Lipinski definition) is 3. The number of aryl methyl sites for hydroxylation is 3. The van der Waals surface area contributed by atoms with Crippen molar-refractivity contribution in [1.82, 2.24) is 15.3 Å². The number of nitrogens with zero attached hydrogens (tertiary/aromatic N) is 2. The van der Waals surface area contributed by atoms with Gasteiger partial charge in [-0.15, -0.1) is 0 Å². The third-order valence-electron chi connectivity index (χ3n) is 4.06. The van der Waals surface area contributed by atoms with E-state index in [0.29, 0.717) is 0 Å². The Morgan fingerprint density at radius 3 is 2.38 bits per heavy atom. The highest BCUT2D eigenvalue weighted by molar-refractivity contribution is 6.35. The van der Waals surface area contributed by atoms with E-state index >= 15 is 0 Å². The first-order chi connectivity index (χ1) is 12.2. The molecule has 138 valence electrons. The molecule has 0 saturated heterocycles. The van der Waals surface area contributed by atoms with Crippen LogP contribution in [-0.2, 0) is 9.59 Å². The molecule has 2 rings (SSSR count). The molecule has 0 aliphatic heterocycles. The van der Waals surface area contributed by atoms with Crippen molar-refractivity contribution < 1.29 is 9.59 Å². The monoisotopic (exact) mass is 354 g/mol. The average Bonchev–Trinajstić information content (AvgIpc) is 2.81. The lowest BCUT2D eigenvalue weighted by atomic mass is 10.1. The van der Waals surface area contributed by atoms with Crippen LogP contribution in [0.5, 0.6) is 0 Å². The zero-order valence-electron chi connectivity index (χ0n) is 16.2. The van der Waals surface area contributed by atoms with Crippen molar-refractivity contribution in [3.05, 3.63) is 52.3 Å². The van der Waals surface area contributed by atoms with Gasteiger partial charge in [-0.3, -0.25) is 9.59 Å². The fourth-order valence-electron chi connectivity index (χ4n) is 2.88. The maximum atomic E-state index is 11.7. The molecule has 0 radical (unpaired) electrons. The largest absolute Gasteiger partial charge is 0.346 e. The second kappa shape index (κ2) is 7.99. The Hall–Kier alpha value is -2.89. The summed E-state index contributed by atoms with van der Waals surface area (Å²) in [4.78, 5) is 23.3. The van der Waals surface area contributed by atoms with Gasteiger partial charge in [-0.2, -0.15) is 5.10 Å². The average molecular weight is 354 g/mol. The summed E-state index contributed by atoms with van der Waals surface area (Å²) >= 11 is 0. The van der Waals surface area contributed by atoms with Gasteiger partial charge in [-0.05, 0) is 59.2 Å². The van der Waals surface area contributed by atoms with Gasteiger partial charge in [-0.1, -0.05) is 17.7 Å². The molecule has 1 heterocycles. The summed E-state index contributed by atoms with van der Waals surface area (Å²) in [5.74, 6) is -1.48. The van der Waals surface area contributed by atoms with Gasteiger partial charge in [0.15, 0.2) is 0 Å². The van der Waals surface area contributed by atoms with Crippen LogP contribution in [0.25, 0.3) is 5.69 Å². The summed E-state index contributed by atoms with van der Waals surface area (Å²) in [5.41, 5.74) is 8.75. The van der Waals surface area contributed by atoms with Gasteiger partial charge < -0.3 is 9.88 Å². The fraction of sp³-hybridized carbons (Fsp3) is 0.350. The lowest BCUT2D eigenvalue weighted by Crippen LogP contribution is -2.41. The van der Waals surface area contributed by atoms with Gasteiger partial charge in [0.25, 0.3) is 0 Å². The first kappa shape index (κ1) is 19.4. The van der Waals surface area contributed by atoms with Crippen molar-refractivity contribution in [2.75, 3.05) is 0 Å². The van der Waals surface area contributed by atoms with Crippen LogP contribution >= 0.6 is 0 Å². The number of benzene rings is 1. The van der Waals surface area contributed by atoms with Gasteiger partial charge in [0.1, 0.15) is 0 Å². The van der Waals surface area contributed by atoms with Crippen molar-refractivity contribution >= 4 is 18.0 Å². The van der Waals surface area contributed by atoms with Crippen molar-refractivity contribution in [3.8, 4) is 5.69 Å². The van der Waals surface area contributed by atoms with E-state index in [1.807, 2.05) is 19.9 Å². The number of rotatable bonds is 4. The molecule has 2 aromatic rings. The van der Waals surface area contributed by atoms with E-state index in [0.717, 1.165) is 22.6 Å². The van der Waals surface area contributed by atoms with Crippen LogP contribution in [0, 0.1) is 27.7 Å². The molecule has 1 aromatic carbocycles. The first-order valence-corrected chi connectivity index (χ1v) is 8.61. The highest BCUT2D eigenvalue weighted by atomic mass is 16.2. The minimum Gasteiger partial charge on any atom is -0.346 e. The topological polar surface area (TPSA) is 75.5 Å². The lowest BCUT2D eigenvalue weighted by Gasteiger charge is -2.13. The zero-order chi connectivity index (χ0) is 19.4. The summed E-state index contributed by atoms with van der Waals surface area (Å²) in [6, 6.07) is 8.23. The fourth-order valence-corrected chi connectivity index (χ4v) is 2.88. The molecule has 0 atom stereocenters. The van der Waals surface area contributed by atoms with Gasteiger partial charge in [0, 0.05) is 28.7 Å². The second-order valence-corrected chi connectivity index (χ2v) is 6.78. The molecular formula is C20H26N4O2. The van der Waals surface area contributed by atoms with Crippen LogP contribution in [0.4, 0.5) is 0 Å². The van der Waals surface area contributed by atoms with Crippen LogP contribution in [0.15, 0.2) is 29.4 Å². The maximum Gasteiger partial charge on any atom is 0.329 e. The molecule has 0 aliphatic carbocycles. The number of amides is 2. The summed E-state index contributed by atoms with van der Waals surface area (Å²) in [5, 5.41) is 6.44. The normalized spacial score (nSPS) is 11.2. The molecule has 0 unspecified atom stereocenters. The van der Waals surface area contributed by atoms with Crippen molar-refractivity contribution in [3.63, 3.8) is 0 Å². The highest BCUT2D eigenvalue weighted by Gasteiger charge is 2.14. The Morgan fingerprint density at radius 2 is 1.77 bits per heavy atom. The molecule has 2 N–H and O–H groups in total. The van der Waals surface area contributed by atoms with E-state index in [2.05, 4.69) is 52.5 Å². The molecule has 0 saturated carbocycles. The van der Waals surface area contributed by atoms with Crippen LogP contribution < -0.4 is 10.7 Å². The van der Waals surface area contributed by atoms with E-state index in [9.17, 15) is 9.59 Å². The second-order valence-electron chi connectivity index (χ2n) is 6.78. The summed E-state index contributed by atoms with van der Waals surface area (Å²) < 4.78 is 2.16. The minimum absolute atomic E-state index is 0.103. The third kappa shape index (κ3) is 4.39. The number of hydrazone groups is 1. The van der Waals surface area contributed by atoms with Crippen LogP contribution in [-0.4, -0.2) is 28.6 Å². The van der Waals surface area contributed by atoms with Gasteiger partial charge in [-0.25, -0.2) is 5.43 Å². The SMILES string of the molecule is Cc1ccc(-n2c(C)cc(C=NNC(=O)C(=O)NC(C)C)c2C)c(C)c1. The number of nitrogens with one attached hydrogen (secondary N) is 2. The number of carbonyl (C=O) groups is 2. The van der Waals surface area contributed by atoms with E-state index < -0.39 is 11.8 Å². The summed E-state index contributed by atoms with van der Waals surface area (Å²) in [7, 11) is 0. The quantitative estimate of drug-likeness (QED) is 0.503. The molecule has 0 fully saturated rings. The summed E-state index contributed by atoms with van der Waals surface area (Å²) in [6.07, 6.45) is 1.56. The van der Waals surface area contributed by atoms with E-state index in [1.54, 1.807) is 20.1 Å². The smallest absolute Gasteiger partial charge is 0.329 e. The number of hydrogen-bond donors (Lipinski definition) is 2. The Kier molecular flexibility index (Phi) is 5.97. The molecule has 1 aromatic heterocycles. The van der Waals surface area contributed by atoms with E-state index in [4.69, 9.17) is 0 Å². The standard InChI is InChI=1S/C20H26N4O2/c1-12(2)22-19(25)20(26)23-21-11-17-10-15(5)24(16(17)6)18-8-7-13(3)9-14(18)4/h7-12H,1-6H3,(H,22,25)(H,23,26). The molecule has 6 heteroatoms. The van der Waals surface area contributed by atoms with E-state index in [-0.39, 0.29) is 6.04 Å². The molecule has 26 heavy (non-hydrogen) atoms.